The minimum absolute atomic E-state index is 0.169. The number of rotatable bonds is 6. The van der Waals surface area contributed by atoms with Crippen LogP contribution in [0.15, 0.2) is 46.9 Å². The molecule has 26 heavy (non-hydrogen) atoms. The van der Waals surface area contributed by atoms with Crippen LogP contribution in [-0.4, -0.2) is 38.6 Å². The summed E-state index contributed by atoms with van der Waals surface area (Å²) in [5.41, 5.74) is 1.70. The van der Waals surface area contributed by atoms with Crippen LogP contribution in [0.2, 0.25) is 5.02 Å². The normalized spacial score (nSPS) is 10.8. The summed E-state index contributed by atoms with van der Waals surface area (Å²) in [6.45, 7) is 0.548. The summed E-state index contributed by atoms with van der Waals surface area (Å²) in [6.07, 6.45) is 0.689. The first-order valence-electron chi connectivity index (χ1n) is 8.17. The third kappa shape index (κ3) is 3.78. The molecule has 0 fully saturated rings. The van der Waals surface area contributed by atoms with Crippen LogP contribution in [0.5, 0.6) is 11.5 Å². The number of carbonyl (C=O) groups excluding carboxylic acids is 1. The van der Waals surface area contributed by atoms with E-state index in [0.29, 0.717) is 40.8 Å². The summed E-state index contributed by atoms with van der Waals surface area (Å²) in [5.74, 6) is 1.49. The molecule has 0 aliphatic rings. The largest absolute Gasteiger partial charge is 0.493 e. The highest BCUT2D eigenvalue weighted by molar-refractivity contribution is 6.31. The maximum atomic E-state index is 12.6. The quantitative estimate of drug-likeness (QED) is 0.642. The van der Waals surface area contributed by atoms with Crippen molar-refractivity contribution >= 4 is 28.5 Å². The maximum absolute atomic E-state index is 12.6. The first-order chi connectivity index (χ1) is 12.5. The molecule has 0 saturated heterocycles. The van der Waals surface area contributed by atoms with E-state index >= 15 is 0 Å². The van der Waals surface area contributed by atoms with Gasteiger partial charge >= 0.3 is 0 Å². The van der Waals surface area contributed by atoms with E-state index in [-0.39, 0.29) is 5.91 Å². The summed E-state index contributed by atoms with van der Waals surface area (Å²) in [4.78, 5) is 14.2. The molecule has 3 rings (SSSR count). The number of amides is 1. The zero-order valence-corrected chi connectivity index (χ0v) is 15.7. The number of hydrogen-bond donors (Lipinski definition) is 0. The van der Waals surface area contributed by atoms with E-state index in [2.05, 4.69) is 0 Å². The van der Waals surface area contributed by atoms with Gasteiger partial charge in [-0.25, -0.2) is 0 Å². The highest BCUT2D eigenvalue weighted by Crippen LogP contribution is 2.28. The number of furan rings is 1. The lowest BCUT2D eigenvalue weighted by Gasteiger charge is -2.16. The van der Waals surface area contributed by atoms with E-state index in [1.807, 2.05) is 18.2 Å². The molecule has 0 N–H and O–H groups in total. The van der Waals surface area contributed by atoms with Gasteiger partial charge < -0.3 is 18.8 Å². The monoisotopic (exact) mass is 373 g/mol. The summed E-state index contributed by atoms with van der Waals surface area (Å²) in [5, 5.41) is 1.42. The predicted molar refractivity (Wildman–Crippen MR) is 101 cm³/mol. The van der Waals surface area contributed by atoms with Crippen molar-refractivity contribution in [1.29, 1.82) is 0 Å². The Morgan fingerprint density at radius 1 is 1.08 bits per heavy atom. The van der Waals surface area contributed by atoms with Gasteiger partial charge in [-0.2, -0.15) is 0 Å². The summed E-state index contributed by atoms with van der Waals surface area (Å²) < 4.78 is 16.2. The molecule has 0 saturated carbocycles. The van der Waals surface area contributed by atoms with Crippen LogP contribution in [0, 0.1) is 0 Å². The molecule has 0 aliphatic heterocycles. The number of halogens is 1. The highest BCUT2D eigenvalue weighted by atomic mass is 35.5. The summed E-state index contributed by atoms with van der Waals surface area (Å²) >= 11 is 5.98. The Morgan fingerprint density at radius 2 is 1.85 bits per heavy atom. The molecule has 1 heterocycles. The highest BCUT2D eigenvalue weighted by Gasteiger charge is 2.17. The van der Waals surface area contributed by atoms with Crippen molar-refractivity contribution in [1.82, 2.24) is 4.90 Å². The fourth-order valence-electron chi connectivity index (χ4n) is 2.74. The lowest BCUT2D eigenvalue weighted by Crippen LogP contribution is -2.28. The standard InChI is InChI=1S/C20H20ClNO4/c1-22(9-8-13-4-6-17(24-2)18(10-13)25-3)20(23)19-12-14-11-15(21)5-7-16(14)26-19/h4-7,10-12H,8-9H2,1-3H3. The van der Waals surface area contributed by atoms with E-state index < -0.39 is 0 Å². The van der Waals surface area contributed by atoms with Gasteiger partial charge in [0.2, 0.25) is 0 Å². The zero-order valence-electron chi connectivity index (χ0n) is 14.9. The average Bonchev–Trinajstić information content (AvgIpc) is 3.08. The third-order valence-electron chi connectivity index (χ3n) is 4.22. The molecule has 0 radical (unpaired) electrons. The lowest BCUT2D eigenvalue weighted by molar-refractivity contribution is 0.0767. The van der Waals surface area contributed by atoms with E-state index in [9.17, 15) is 4.79 Å². The summed E-state index contributed by atoms with van der Waals surface area (Å²) in [7, 11) is 4.96. The molecule has 6 heteroatoms. The van der Waals surface area contributed by atoms with Crippen molar-refractivity contribution in [3.8, 4) is 11.5 Å². The van der Waals surface area contributed by atoms with Crippen molar-refractivity contribution in [2.45, 2.75) is 6.42 Å². The van der Waals surface area contributed by atoms with E-state index in [4.69, 9.17) is 25.5 Å². The van der Waals surface area contributed by atoms with Gasteiger partial charge in [0.05, 0.1) is 14.2 Å². The number of fused-ring (bicyclic) bond motifs is 1. The Bertz CT molecular complexity index is 935. The van der Waals surface area contributed by atoms with Crippen molar-refractivity contribution in [2.24, 2.45) is 0 Å². The number of carbonyl (C=O) groups is 1. The fraction of sp³-hybridized carbons (Fsp3) is 0.250. The molecule has 1 aromatic heterocycles. The molecule has 0 bridgehead atoms. The van der Waals surface area contributed by atoms with Gasteiger partial charge in [-0.05, 0) is 48.4 Å². The van der Waals surface area contributed by atoms with Gasteiger partial charge in [0, 0.05) is 24.0 Å². The van der Waals surface area contributed by atoms with Crippen LogP contribution in [0.3, 0.4) is 0 Å². The van der Waals surface area contributed by atoms with Crippen LogP contribution in [0.4, 0.5) is 0 Å². The molecule has 136 valence electrons. The van der Waals surface area contributed by atoms with Crippen LogP contribution in [-0.2, 0) is 6.42 Å². The number of benzene rings is 2. The van der Waals surface area contributed by atoms with Crippen molar-refractivity contribution in [3.63, 3.8) is 0 Å². The molecule has 0 aliphatic carbocycles. The van der Waals surface area contributed by atoms with E-state index in [1.165, 1.54) is 0 Å². The van der Waals surface area contributed by atoms with Crippen molar-refractivity contribution < 1.29 is 18.7 Å². The molecule has 2 aromatic carbocycles. The molecule has 0 spiro atoms. The van der Waals surface area contributed by atoms with Crippen LogP contribution in [0.1, 0.15) is 16.1 Å². The average molecular weight is 374 g/mol. The Balaban J connectivity index is 1.68. The van der Waals surface area contributed by atoms with Gasteiger partial charge in [0.15, 0.2) is 17.3 Å². The van der Waals surface area contributed by atoms with Crippen LogP contribution >= 0.6 is 11.6 Å². The molecule has 0 atom stereocenters. The summed E-state index contributed by atoms with van der Waals surface area (Å²) in [6, 6.07) is 12.7. The molecular weight excluding hydrogens is 354 g/mol. The number of nitrogens with zero attached hydrogens (tertiary/aromatic N) is 1. The van der Waals surface area contributed by atoms with Gasteiger partial charge in [-0.3, -0.25) is 4.79 Å². The molecule has 1 amide bonds. The Labute approximate surface area is 157 Å². The fourth-order valence-corrected chi connectivity index (χ4v) is 2.92. The number of hydrogen-bond acceptors (Lipinski definition) is 4. The van der Waals surface area contributed by atoms with Crippen LogP contribution < -0.4 is 9.47 Å². The van der Waals surface area contributed by atoms with Gasteiger partial charge in [-0.15, -0.1) is 0 Å². The second-order valence-electron chi connectivity index (χ2n) is 5.96. The third-order valence-corrected chi connectivity index (χ3v) is 4.45. The minimum atomic E-state index is -0.169. The van der Waals surface area contributed by atoms with E-state index in [0.717, 1.165) is 10.9 Å². The minimum Gasteiger partial charge on any atom is -0.493 e. The lowest BCUT2D eigenvalue weighted by atomic mass is 10.1. The van der Waals surface area contributed by atoms with Gasteiger partial charge in [-0.1, -0.05) is 17.7 Å². The second-order valence-corrected chi connectivity index (χ2v) is 6.40. The molecular formula is C20H20ClNO4. The second kappa shape index (κ2) is 7.70. The first kappa shape index (κ1) is 18.1. The maximum Gasteiger partial charge on any atom is 0.289 e. The Morgan fingerprint density at radius 3 is 2.58 bits per heavy atom. The Kier molecular flexibility index (Phi) is 5.38. The first-order valence-corrected chi connectivity index (χ1v) is 8.55. The van der Waals surface area contributed by atoms with Gasteiger partial charge in [0.1, 0.15) is 5.58 Å². The SMILES string of the molecule is COc1ccc(CCN(C)C(=O)c2cc3cc(Cl)ccc3o2)cc1OC. The number of methoxy groups -OCH3 is 2. The molecule has 3 aromatic rings. The van der Waals surface area contributed by atoms with Crippen LogP contribution in [0.25, 0.3) is 11.0 Å². The number of ether oxygens (including phenoxy) is 2. The Hall–Kier alpha value is -2.66. The van der Waals surface area contributed by atoms with Crippen molar-refractivity contribution in [3.05, 3.63) is 58.8 Å². The smallest absolute Gasteiger partial charge is 0.289 e. The number of likely N-dealkylation sites (N-methyl/N-ethyl adjacent to an activating group) is 1. The predicted octanol–water partition coefficient (Wildman–Crippen LogP) is 4.42. The van der Waals surface area contributed by atoms with E-state index in [1.54, 1.807) is 50.4 Å². The molecule has 0 unspecified atom stereocenters. The molecule has 5 nitrogen and oxygen atoms in total. The topological polar surface area (TPSA) is 51.9 Å². The zero-order chi connectivity index (χ0) is 18.7. The van der Waals surface area contributed by atoms with Gasteiger partial charge in [0.25, 0.3) is 5.91 Å². The van der Waals surface area contributed by atoms with Crippen molar-refractivity contribution in [2.75, 3.05) is 27.8 Å².